The molecule has 0 spiro atoms. The van der Waals surface area contributed by atoms with Crippen LogP contribution >= 0.6 is 0 Å². The van der Waals surface area contributed by atoms with Crippen molar-refractivity contribution in [3.63, 3.8) is 0 Å². The molecular weight excluding hydrogens is 398 g/mol. The second-order valence-corrected chi connectivity index (χ2v) is 8.48. The van der Waals surface area contributed by atoms with Gasteiger partial charge >= 0.3 is 0 Å². The van der Waals surface area contributed by atoms with Crippen LogP contribution in [0.25, 0.3) is 28.0 Å². The van der Waals surface area contributed by atoms with E-state index in [-0.39, 0.29) is 6.61 Å². The first-order valence-corrected chi connectivity index (χ1v) is 11.2. The van der Waals surface area contributed by atoms with Crippen molar-refractivity contribution in [2.75, 3.05) is 44.2 Å². The van der Waals surface area contributed by atoms with E-state index in [0.29, 0.717) is 0 Å². The van der Waals surface area contributed by atoms with Crippen molar-refractivity contribution >= 4 is 11.5 Å². The summed E-state index contributed by atoms with van der Waals surface area (Å²) in [6.07, 6.45) is 0. The molecule has 1 aliphatic heterocycles. The second kappa shape index (κ2) is 8.73. The van der Waals surface area contributed by atoms with Crippen LogP contribution in [0.15, 0.2) is 60.7 Å². The average Bonchev–Trinajstić information content (AvgIpc) is 3.16. The topological polar surface area (TPSA) is 56.9 Å². The van der Waals surface area contributed by atoms with Crippen LogP contribution < -0.4 is 4.90 Å². The van der Waals surface area contributed by atoms with Gasteiger partial charge in [-0.1, -0.05) is 60.2 Å². The van der Waals surface area contributed by atoms with E-state index < -0.39 is 0 Å². The quantitative estimate of drug-likeness (QED) is 0.525. The first-order valence-electron chi connectivity index (χ1n) is 11.2. The Bertz CT molecular complexity index is 1210. The maximum Gasteiger partial charge on any atom is 0.166 e. The number of aromatic nitrogens is 3. The molecule has 1 fully saturated rings. The van der Waals surface area contributed by atoms with Crippen molar-refractivity contribution in [1.29, 1.82) is 0 Å². The van der Waals surface area contributed by atoms with Gasteiger partial charge in [0.1, 0.15) is 5.82 Å². The predicted molar refractivity (Wildman–Crippen MR) is 129 cm³/mol. The summed E-state index contributed by atoms with van der Waals surface area (Å²) in [5.74, 6) is 1.07. The fourth-order valence-electron chi connectivity index (χ4n) is 4.49. The lowest BCUT2D eigenvalue weighted by Crippen LogP contribution is -2.47. The molecule has 164 valence electrons. The number of piperazine rings is 1. The van der Waals surface area contributed by atoms with E-state index in [2.05, 4.69) is 78.2 Å². The van der Waals surface area contributed by atoms with E-state index in [4.69, 9.17) is 10.1 Å². The first kappa shape index (κ1) is 20.7. The zero-order valence-electron chi connectivity index (χ0n) is 18.7. The van der Waals surface area contributed by atoms with Crippen molar-refractivity contribution in [3.8, 4) is 22.4 Å². The van der Waals surface area contributed by atoms with Crippen LogP contribution in [0.1, 0.15) is 11.3 Å². The monoisotopic (exact) mass is 427 g/mol. The van der Waals surface area contributed by atoms with Crippen LogP contribution in [0.4, 0.5) is 5.82 Å². The Kier molecular flexibility index (Phi) is 5.64. The minimum Gasteiger partial charge on any atom is -0.395 e. The normalized spacial score (nSPS) is 14.9. The Hall–Kier alpha value is -3.22. The van der Waals surface area contributed by atoms with Crippen LogP contribution in [-0.4, -0.2) is 63.9 Å². The van der Waals surface area contributed by atoms with Gasteiger partial charge in [0.2, 0.25) is 0 Å². The molecular formula is C26H29N5O. The molecule has 4 aromatic rings. The molecule has 1 N–H and O–H groups in total. The molecule has 2 aromatic heterocycles. The molecule has 0 amide bonds. The van der Waals surface area contributed by atoms with Crippen LogP contribution in [0.5, 0.6) is 0 Å². The van der Waals surface area contributed by atoms with Crippen molar-refractivity contribution in [2.45, 2.75) is 13.8 Å². The van der Waals surface area contributed by atoms with Gasteiger partial charge in [0.25, 0.3) is 0 Å². The Balaban J connectivity index is 1.66. The molecule has 5 rings (SSSR count). The molecule has 0 saturated carbocycles. The molecule has 0 atom stereocenters. The molecule has 32 heavy (non-hydrogen) atoms. The number of rotatable bonds is 5. The zero-order chi connectivity index (χ0) is 22.1. The van der Waals surface area contributed by atoms with Gasteiger partial charge in [0.15, 0.2) is 5.65 Å². The highest BCUT2D eigenvalue weighted by atomic mass is 16.3. The summed E-state index contributed by atoms with van der Waals surface area (Å²) in [5.41, 5.74) is 7.38. The molecule has 6 heteroatoms. The van der Waals surface area contributed by atoms with E-state index >= 15 is 0 Å². The lowest BCUT2D eigenvalue weighted by Gasteiger charge is -2.35. The number of fused-ring (bicyclic) bond motifs is 1. The number of aryl methyl sites for hydroxylation is 2. The van der Waals surface area contributed by atoms with E-state index in [1.165, 1.54) is 5.56 Å². The van der Waals surface area contributed by atoms with Crippen LogP contribution in [-0.2, 0) is 0 Å². The summed E-state index contributed by atoms with van der Waals surface area (Å²) in [4.78, 5) is 9.80. The Morgan fingerprint density at radius 2 is 1.59 bits per heavy atom. The molecule has 2 aromatic carbocycles. The molecule has 0 bridgehead atoms. The third-order valence-corrected chi connectivity index (χ3v) is 6.27. The standard InChI is InChI=1S/C26H29N5O/c1-19-8-10-21(11-9-19)23-18-24(30-14-12-29(13-15-30)16-17-32)31-26(27-23)25(20(2)28-31)22-6-4-3-5-7-22/h3-11,18,32H,12-17H2,1-2H3. The lowest BCUT2D eigenvalue weighted by molar-refractivity contribution is 0.188. The smallest absolute Gasteiger partial charge is 0.166 e. The molecule has 0 radical (unpaired) electrons. The molecule has 6 nitrogen and oxygen atoms in total. The number of nitrogens with zero attached hydrogens (tertiary/aromatic N) is 5. The number of anilines is 1. The minimum atomic E-state index is 0.204. The van der Waals surface area contributed by atoms with Crippen molar-refractivity contribution < 1.29 is 5.11 Å². The zero-order valence-corrected chi connectivity index (χ0v) is 18.7. The number of hydrogen-bond donors (Lipinski definition) is 1. The third-order valence-electron chi connectivity index (χ3n) is 6.27. The molecule has 1 saturated heterocycles. The third kappa shape index (κ3) is 3.87. The maximum absolute atomic E-state index is 9.29. The predicted octanol–water partition coefficient (Wildman–Crippen LogP) is 3.79. The SMILES string of the molecule is Cc1ccc(-c2cc(N3CCN(CCO)CC3)n3nc(C)c(-c4ccccc4)c3n2)cc1. The number of hydrogen-bond acceptors (Lipinski definition) is 5. The van der Waals surface area contributed by atoms with E-state index in [0.717, 1.165) is 72.3 Å². The van der Waals surface area contributed by atoms with Gasteiger partial charge in [0.05, 0.1) is 18.0 Å². The average molecular weight is 428 g/mol. The highest BCUT2D eigenvalue weighted by molar-refractivity contribution is 5.82. The van der Waals surface area contributed by atoms with E-state index in [1.54, 1.807) is 0 Å². The molecule has 0 aliphatic carbocycles. The Morgan fingerprint density at radius 1 is 0.875 bits per heavy atom. The van der Waals surface area contributed by atoms with Crippen LogP contribution in [0.2, 0.25) is 0 Å². The Morgan fingerprint density at radius 3 is 2.28 bits per heavy atom. The van der Waals surface area contributed by atoms with Gasteiger partial charge in [-0.3, -0.25) is 4.90 Å². The summed E-state index contributed by atoms with van der Waals surface area (Å²) in [7, 11) is 0. The molecule has 1 aliphatic rings. The summed E-state index contributed by atoms with van der Waals surface area (Å²) in [6.45, 7) is 8.74. The van der Waals surface area contributed by atoms with Gasteiger partial charge < -0.3 is 10.0 Å². The van der Waals surface area contributed by atoms with Crippen LogP contribution in [0, 0.1) is 13.8 Å². The minimum absolute atomic E-state index is 0.204. The number of β-amino-alcohol motifs (C(OH)–C–C–N with tert-alkyl or cyclic N) is 1. The summed E-state index contributed by atoms with van der Waals surface area (Å²) >= 11 is 0. The summed E-state index contributed by atoms with van der Waals surface area (Å²) < 4.78 is 2.01. The van der Waals surface area contributed by atoms with Crippen LogP contribution in [0.3, 0.4) is 0 Å². The highest BCUT2D eigenvalue weighted by Gasteiger charge is 2.23. The second-order valence-electron chi connectivity index (χ2n) is 8.48. The summed E-state index contributed by atoms with van der Waals surface area (Å²) in [6, 6.07) is 21.1. The number of aliphatic hydroxyl groups is 1. The Labute approximate surface area is 188 Å². The van der Waals surface area contributed by atoms with Gasteiger partial charge in [-0.15, -0.1) is 0 Å². The van der Waals surface area contributed by atoms with Gasteiger partial charge in [-0.2, -0.15) is 9.61 Å². The molecule has 0 unspecified atom stereocenters. The van der Waals surface area contributed by atoms with Gasteiger partial charge in [0, 0.05) is 49.9 Å². The highest BCUT2D eigenvalue weighted by Crippen LogP contribution is 2.33. The maximum atomic E-state index is 9.29. The van der Waals surface area contributed by atoms with Crippen molar-refractivity contribution in [1.82, 2.24) is 19.5 Å². The summed E-state index contributed by atoms with van der Waals surface area (Å²) in [5, 5.41) is 14.2. The van der Waals surface area contributed by atoms with Gasteiger partial charge in [-0.05, 0) is 19.4 Å². The van der Waals surface area contributed by atoms with Crippen molar-refractivity contribution in [3.05, 3.63) is 71.9 Å². The molecule has 3 heterocycles. The number of aliphatic hydroxyl groups excluding tert-OH is 1. The van der Waals surface area contributed by atoms with Crippen molar-refractivity contribution in [2.24, 2.45) is 0 Å². The number of benzene rings is 2. The fourth-order valence-corrected chi connectivity index (χ4v) is 4.49. The van der Waals surface area contributed by atoms with E-state index in [1.807, 2.05) is 10.6 Å². The fraction of sp³-hybridized carbons (Fsp3) is 0.308. The largest absolute Gasteiger partial charge is 0.395 e. The van der Waals surface area contributed by atoms with E-state index in [9.17, 15) is 5.11 Å². The first-order chi connectivity index (χ1) is 15.6. The lowest BCUT2D eigenvalue weighted by atomic mass is 10.1. The van der Waals surface area contributed by atoms with Gasteiger partial charge in [-0.25, -0.2) is 4.98 Å².